The topological polar surface area (TPSA) is 37.5 Å². The molecule has 0 radical (unpaired) electrons. The third kappa shape index (κ3) is 2.96. The van der Waals surface area contributed by atoms with Gasteiger partial charge in [-0.1, -0.05) is 47.2 Å². The van der Waals surface area contributed by atoms with E-state index in [9.17, 15) is 5.11 Å². The van der Waals surface area contributed by atoms with Gasteiger partial charge in [-0.25, -0.2) is 4.98 Å². The number of hydrogen-bond acceptors (Lipinski definition) is 3. The molecule has 0 fully saturated rings. The lowest BCUT2D eigenvalue weighted by molar-refractivity contribution is 0.272. The monoisotopic (exact) mass is 298 g/mol. The molecule has 0 saturated heterocycles. The molecule has 0 amide bonds. The summed E-state index contributed by atoms with van der Waals surface area (Å²) in [7, 11) is 0. The van der Waals surface area contributed by atoms with Gasteiger partial charge in [0.15, 0.2) is 0 Å². The fraction of sp³-hybridized carbons (Fsp3) is 0.235. The number of aliphatic hydroxyl groups excluding tert-OH is 1. The zero-order valence-corrected chi connectivity index (χ0v) is 13.0. The van der Waals surface area contributed by atoms with Crippen LogP contribution in [0.2, 0.25) is 0 Å². The third-order valence-corrected chi connectivity index (χ3v) is 4.48. The zero-order chi connectivity index (χ0) is 14.8. The van der Waals surface area contributed by atoms with Gasteiger partial charge in [-0.3, -0.25) is 0 Å². The summed E-state index contributed by atoms with van der Waals surface area (Å²) in [5.74, 6) is 0.861. The van der Waals surface area contributed by atoms with Crippen LogP contribution in [-0.2, 0) is 12.4 Å². The highest BCUT2D eigenvalue weighted by Gasteiger charge is 2.11. The molecule has 4 heteroatoms. The quantitative estimate of drug-likeness (QED) is 0.746. The third-order valence-electron chi connectivity index (χ3n) is 3.40. The lowest BCUT2D eigenvalue weighted by Crippen LogP contribution is -1.93. The average Bonchev–Trinajstić information content (AvgIpc) is 2.81. The van der Waals surface area contributed by atoms with E-state index in [4.69, 9.17) is 0 Å². The van der Waals surface area contributed by atoms with Crippen LogP contribution in [0.4, 0.5) is 0 Å². The molecular formula is C17H18N2OS. The second-order valence-corrected chi connectivity index (χ2v) is 6.20. The van der Waals surface area contributed by atoms with Crippen LogP contribution in [0.3, 0.4) is 0 Å². The SMILES string of the molecule is Cc1cc(C)cc(CSc2nc3ccccn3c2CO)c1. The molecule has 0 atom stereocenters. The van der Waals surface area contributed by atoms with E-state index in [2.05, 4.69) is 37.0 Å². The molecule has 2 aromatic heterocycles. The van der Waals surface area contributed by atoms with Crippen molar-refractivity contribution in [1.29, 1.82) is 0 Å². The number of thioether (sulfide) groups is 1. The smallest absolute Gasteiger partial charge is 0.138 e. The number of imidazole rings is 1. The Bertz CT molecular complexity index is 759. The number of pyridine rings is 1. The standard InChI is InChI=1S/C17H18N2OS/c1-12-7-13(2)9-14(8-12)11-21-17-15(10-20)19-6-4-3-5-16(19)18-17/h3-9,20H,10-11H2,1-2H3. The van der Waals surface area contributed by atoms with Crippen molar-refractivity contribution in [1.82, 2.24) is 9.38 Å². The molecule has 0 aliphatic heterocycles. The highest BCUT2D eigenvalue weighted by Crippen LogP contribution is 2.27. The van der Waals surface area contributed by atoms with E-state index < -0.39 is 0 Å². The molecule has 108 valence electrons. The van der Waals surface area contributed by atoms with Crippen LogP contribution < -0.4 is 0 Å². The Morgan fingerprint density at radius 3 is 2.62 bits per heavy atom. The van der Waals surface area contributed by atoms with E-state index in [0.717, 1.165) is 22.1 Å². The summed E-state index contributed by atoms with van der Waals surface area (Å²) < 4.78 is 1.95. The predicted octanol–water partition coefficient (Wildman–Crippen LogP) is 3.74. The van der Waals surface area contributed by atoms with E-state index in [1.807, 2.05) is 28.8 Å². The number of nitrogens with zero attached hydrogens (tertiary/aromatic N) is 2. The Kier molecular flexibility index (Phi) is 3.99. The van der Waals surface area contributed by atoms with Crippen LogP contribution in [0, 0.1) is 13.8 Å². The summed E-state index contributed by atoms with van der Waals surface area (Å²) >= 11 is 1.68. The first-order valence-electron chi connectivity index (χ1n) is 6.94. The molecule has 3 aromatic rings. The minimum atomic E-state index is 0.000356. The van der Waals surface area contributed by atoms with Gasteiger partial charge in [0.1, 0.15) is 10.7 Å². The first kappa shape index (κ1) is 14.2. The summed E-state index contributed by atoms with van der Waals surface area (Å²) in [6.45, 7) is 4.23. The number of hydrogen-bond donors (Lipinski definition) is 1. The fourth-order valence-corrected chi connectivity index (χ4v) is 3.55. The van der Waals surface area contributed by atoms with Gasteiger partial charge in [0.2, 0.25) is 0 Å². The molecule has 0 aliphatic carbocycles. The van der Waals surface area contributed by atoms with E-state index >= 15 is 0 Å². The maximum Gasteiger partial charge on any atom is 0.138 e. The van der Waals surface area contributed by atoms with Crippen LogP contribution in [0.1, 0.15) is 22.4 Å². The van der Waals surface area contributed by atoms with Crippen molar-refractivity contribution in [2.75, 3.05) is 0 Å². The highest BCUT2D eigenvalue weighted by molar-refractivity contribution is 7.98. The second kappa shape index (κ2) is 5.92. The summed E-state index contributed by atoms with van der Waals surface area (Å²) in [4.78, 5) is 4.61. The molecule has 0 saturated carbocycles. The molecule has 0 unspecified atom stereocenters. The van der Waals surface area contributed by atoms with Crippen molar-refractivity contribution in [2.24, 2.45) is 0 Å². The molecule has 0 bridgehead atoms. The lowest BCUT2D eigenvalue weighted by Gasteiger charge is -2.05. The van der Waals surface area contributed by atoms with Crippen LogP contribution in [-0.4, -0.2) is 14.5 Å². The number of rotatable bonds is 4. The van der Waals surface area contributed by atoms with Gasteiger partial charge in [0.05, 0.1) is 12.3 Å². The molecule has 1 aromatic carbocycles. The maximum atomic E-state index is 9.62. The normalized spacial score (nSPS) is 11.2. The minimum absolute atomic E-state index is 0.000356. The van der Waals surface area contributed by atoms with Crippen LogP contribution in [0.5, 0.6) is 0 Å². The zero-order valence-electron chi connectivity index (χ0n) is 12.2. The summed E-state index contributed by atoms with van der Waals surface area (Å²) in [5, 5.41) is 10.5. The Balaban J connectivity index is 1.88. The van der Waals surface area contributed by atoms with Gasteiger partial charge in [-0.05, 0) is 31.5 Å². The van der Waals surface area contributed by atoms with Gasteiger partial charge >= 0.3 is 0 Å². The van der Waals surface area contributed by atoms with Crippen LogP contribution in [0.15, 0.2) is 47.6 Å². The molecule has 3 rings (SSSR count). The molecule has 2 heterocycles. The van der Waals surface area contributed by atoms with Crippen molar-refractivity contribution >= 4 is 17.4 Å². The van der Waals surface area contributed by atoms with Crippen molar-refractivity contribution in [3.8, 4) is 0 Å². The number of aliphatic hydroxyl groups is 1. The maximum absolute atomic E-state index is 9.62. The average molecular weight is 298 g/mol. The summed E-state index contributed by atoms with van der Waals surface area (Å²) in [6.07, 6.45) is 1.94. The van der Waals surface area contributed by atoms with Gasteiger partial charge in [0, 0.05) is 11.9 Å². The van der Waals surface area contributed by atoms with Crippen molar-refractivity contribution < 1.29 is 5.11 Å². The number of aromatic nitrogens is 2. The van der Waals surface area contributed by atoms with Gasteiger partial charge in [-0.15, -0.1) is 0 Å². The number of fused-ring (bicyclic) bond motifs is 1. The van der Waals surface area contributed by atoms with E-state index in [1.54, 1.807) is 11.8 Å². The van der Waals surface area contributed by atoms with Gasteiger partial charge in [-0.2, -0.15) is 0 Å². The molecule has 0 aliphatic rings. The molecule has 1 N–H and O–H groups in total. The Hall–Kier alpha value is -1.78. The van der Waals surface area contributed by atoms with Crippen LogP contribution in [0.25, 0.3) is 5.65 Å². The van der Waals surface area contributed by atoms with E-state index in [-0.39, 0.29) is 6.61 Å². The summed E-state index contributed by atoms with van der Waals surface area (Å²) in [6, 6.07) is 12.5. The lowest BCUT2D eigenvalue weighted by atomic mass is 10.1. The highest BCUT2D eigenvalue weighted by atomic mass is 32.2. The van der Waals surface area contributed by atoms with Gasteiger partial charge in [0.25, 0.3) is 0 Å². The number of benzene rings is 1. The van der Waals surface area contributed by atoms with Crippen molar-refractivity contribution in [3.05, 3.63) is 65.0 Å². The second-order valence-electron chi connectivity index (χ2n) is 5.24. The van der Waals surface area contributed by atoms with Crippen LogP contribution >= 0.6 is 11.8 Å². The molecule has 0 spiro atoms. The summed E-state index contributed by atoms with van der Waals surface area (Å²) in [5.41, 5.74) is 5.59. The van der Waals surface area contributed by atoms with Crippen molar-refractivity contribution in [2.45, 2.75) is 31.2 Å². The van der Waals surface area contributed by atoms with Gasteiger partial charge < -0.3 is 9.51 Å². The van der Waals surface area contributed by atoms with E-state index in [0.29, 0.717) is 0 Å². The predicted molar refractivity (Wildman–Crippen MR) is 86.6 cm³/mol. The first-order chi connectivity index (χ1) is 10.2. The first-order valence-corrected chi connectivity index (χ1v) is 7.93. The fourth-order valence-electron chi connectivity index (χ4n) is 2.59. The Labute approximate surface area is 128 Å². The Morgan fingerprint density at radius 1 is 1.14 bits per heavy atom. The minimum Gasteiger partial charge on any atom is -0.390 e. The van der Waals surface area contributed by atoms with Crippen molar-refractivity contribution in [3.63, 3.8) is 0 Å². The molecule has 3 nitrogen and oxygen atoms in total. The molecular weight excluding hydrogens is 280 g/mol. The van der Waals surface area contributed by atoms with E-state index in [1.165, 1.54) is 16.7 Å². The Morgan fingerprint density at radius 2 is 1.90 bits per heavy atom. The largest absolute Gasteiger partial charge is 0.390 e. The molecule has 21 heavy (non-hydrogen) atoms. The number of aryl methyl sites for hydroxylation is 2.